The van der Waals surface area contributed by atoms with E-state index in [9.17, 15) is 5.11 Å². The zero-order valence-corrected chi connectivity index (χ0v) is 17.4. The molecule has 0 aliphatic heterocycles. The van der Waals surface area contributed by atoms with Crippen molar-refractivity contribution in [2.24, 2.45) is 4.99 Å². The van der Waals surface area contributed by atoms with E-state index < -0.39 is 0 Å². The average molecular weight is 449 g/mol. The standard InChI is InChI=1S/C24H14Cl2N2O3/c25-18-9-5-14(11-19(18)26)22-10-7-16(30-22)13-27-15-6-8-17(21(29)12-15)24-28-20-3-1-2-4-23(20)31-24/h1-13,29H. The van der Waals surface area contributed by atoms with Gasteiger partial charge in [0.25, 0.3) is 0 Å². The summed E-state index contributed by atoms with van der Waals surface area (Å²) >= 11 is 12.0. The largest absolute Gasteiger partial charge is 0.507 e. The quantitative estimate of drug-likeness (QED) is 0.288. The normalized spacial score (nSPS) is 11.5. The number of aliphatic imine (C=N–C) groups is 1. The number of aromatic hydroxyl groups is 1. The van der Waals surface area contributed by atoms with Crippen molar-refractivity contribution < 1.29 is 13.9 Å². The maximum atomic E-state index is 10.4. The third-order valence-electron chi connectivity index (χ3n) is 4.68. The minimum absolute atomic E-state index is 0.0251. The summed E-state index contributed by atoms with van der Waals surface area (Å²) in [5, 5.41) is 11.4. The second kappa shape index (κ2) is 7.95. The van der Waals surface area contributed by atoms with E-state index in [1.165, 1.54) is 0 Å². The van der Waals surface area contributed by atoms with E-state index in [-0.39, 0.29) is 5.75 Å². The van der Waals surface area contributed by atoms with Crippen LogP contribution in [0.1, 0.15) is 5.76 Å². The molecule has 0 fully saturated rings. The second-order valence-corrected chi connectivity index (χ2v) is 7.59. The Morgan fingerprint density at radius 1 is 0.871 bits per heavy atom. The molecule has 0 unspecified atom stereocenters. The van der Waals surface area contributed by atoms with Crippen LogP contribution in [0.4, 0.5) is 5.69 Å². The van der Waals surface area contributed by atoms with Gasteiger partial charge in [0.1, 0.15) is 22.8 Å². The topological polar surface area (TPSA) is 71.8 Å². The fourth-order valence-electron chi connectivity index (χ4n) is 3.13. The van der Waals surface area contributed by atoms with Crippen molar-refractivity contribution in [1.82, 2.24) is 4.98 Å². The Hall–Kier alpha value is -3.54. The van der Waals surface area contributed by atoms with E-state index >= 15 is 0 Å². The molecule has 5 aromatic rings. The number of phenolic OH excluding ortho intramolecular Hbond substituents is 1. The van der Waals surface area contributed by atoms with Gasteiger partial charge in [-0.15, -0.1) is 0 Å². The van der Waals surface area contributed by atoms with Crippen LogP contribution >= 0.6 is 23.2 Å². The van der Waals surface area contributed by atoms with Gasteiger partial charge in [0, 0.05) is 11.6 Å². The SMILES string of the molecule is Oc1cc(N=Cc2ccc(-c3ccc(Cl)c(Cl)c3)o2)ccc1-c1nc2ccccc2o1. The van der Waals surface area contributed by atoms with Crippen LogP contribution < -0.4 is 0 Å². The van der Waals surface area contributed by atoms with E-state index in [1.807, 2.05) is 36.4 Å². The monoisotopic (exact) mass is 448 g/mol. The minimum Gasteiger partial charge on any atom is -0.507 e. The van der Waals surface area contributed by atoms with E-state index in [1.54, 1.807) is 42.6 Å². The highest BCUT2D eigenvalue weighted by Crippen LogP contribution is 2.34. The highest BCUT2D eigenvalue weighted by molar-refractivity contribution is 6.42. The van der Waals surface area contributed by atoms with E-state index in [4.69, 9.17) is 32.0 Å². The Balaban J connectivity index is 1.37. The summed E-state index contributed by atoms with van der Waals surface area (Å²) in [4.78, 5) is 8.79. The van der Waals surface area contributed by atoms with Gasteiger partial charge in [-0.3, -0.25) is 4.99 Å². The lowest BCUT2D eigenvalue weighted by Crippen LogP contribution is -1.80. The molecule has 0 spiro atoms. The summed E-state index contributed by atoms with van der Waals surface area (Å²) in [5.41, 5.74) is 3.26. The van der Waals surface area contributed by atoms with Crippen molar-refractivity contribution in [3.63, 3.8) is 0 Å². The molecule has 0 saturated carbocycles. The number of hydrogen-bond acceptors (Lipinski definition) is 5. The van der Waals surface area contributed by atoms with Crippen molar-refractivity contribution in [2.75, 3.05) is 0 Å². The lowest BCUT2D eigenvalue weighted by Gasteiger charge is -2.01. The smallest absolute Gasteiger partial charge is 0.231 e. The molecule has 5 nitrogen and oxygen atoms in total. The first-order valence-corrected chi connectivity index (χ1v) is 10.1. The molecule has 7 heteroatoms. The van der Waals surface area contributed by atoms with Crippen LogP contribution in [0.25, 0.3) is 33.9 Å². The van der Waals surface area contributed by atoms with Crippen LogP contribution in [0.2, 0.25) is 10.0 Å². The van der Waals surface area contributed by atoms with Gasteiger partial charge in [0.2, 0.25) is 5.89 Å². The first-order valence-electron chi connectivity index (χ1n) is 9.35. The number of aromatic nitrogens is 1. The van der Waals surface area contributed by atoms with Gasteiger partial charge in [0.05, 0.1) is 27.5 Å². The molecule has 31 heavy (non-hydrogen) atoms. The maximum absolute atomic E-state index is 10.4. The molecule has 3 aromatic carbocycles. The van der Waals surface area contributed by atoms with Gasteiger partial charge in [-0.1, -0.05) is 35.3 Å². The predicted octanol–water partition coefficient (Wildman–Crippen LogP) is 7.52. The van der Waals surface area contributed by atoms with Gasteiger partial charge >= 0.3 is 0 Å². The van der Waals surface area contributed by atoms with Gasteiger partial charge in [0.15, 0.2) is 5.58 Å². The Morgan fingerprint density at radius 2 is 1.74 bits per heavy atom. The Labute approximate surface area is 187 Å². The van der Waals surface area contributed by atoms with Gasteiger partial charge in [-0.05, 0) is 54.6 Å². The summed E-state index contributed by atoms with van der Waals surface area (Å²) in [6.07, 6.45) is 1.58. The highest BCUT2D eigenvalue weighted by Gasteiger charge is 2.12. The Kier molecular flexibility index (Phi) is 4.98. The summed E-state index contributed by atoms with van der Waals surface area (Å²) in [5.74, 6) is 1.58. The number of rotatable bonds is 4. The van der Waals surface area contributed by atoms with E-state index in [2.05, 4.69) is 9.98 Å². The molecule has 0 saturated heterocycles. The summed E-state index contributed by atoms with van der Waals surface area (Å²) in [6.45, 7) is 0. The molecule has 1 N–H and O–H groups in total. The van der Waals surface area contributed by atoms with Gasteiger partial charge in [-0.2, -0.15) is 0 Å². The number of furan rings is 1. The molecular formula is C24H14Cl2N2O3. The number of benzene rings is 3. The third-order valence-corrected chi connectivity index (χ3v) is 5.42. The number of para-hydroxylation sites is 2. The van der Waals surface area contributed by atoms with Gasteiger partial charge < -0.3 is 13.9 Å². The van der Waals surface area contributed by atoms with Crippen LogP contribution in [0, 0.1) is 0 Å². The van der Waals surface area contributed by atoms with Crippen LogP contribution in [0.3, 0.4) is 0 Å². The van der Waals surface area contributed by atoms with Crippen molar-refractivity contribution in [2.45, 2.75) is 0 Å². The zero-order chi connectivity index (χ0) is 21.4. The van der Waals surface area contributed by atoms with Crippen LogP contribution in [-0.4, -0.2) is 16.3 Å². The minimum atomic E-state index is 0.0251. The first kappa shape index (κ1) is 19.4. The molecule has 0 atom stereocenters. The molecule has 0 aliphatic carbocycles. The zero-order valence-electron chi connectivity index (χ0n) is 15.9. The number of phenols is 1. The van der Waals surface area contributed by atoms with Crippen molar-refractivity contribution in [1.29, 1.82) is 0 Å². The lowest BCUT2D eigenvalue weighted by molar-refractivity contribution is 0.474. The summed E-state index contributed by atoms with van der Waals surface area (Å²) in [7, 11) is 0. The lowest BCUT2D eigenvalue weighted by atomic mass is 10.2. The first-order chi connectivity index (χ1) is 15.1. The third kappa shape index (κ3) is 3.93. The molecule has 2 heterocycles. The maximum Gasteiger partial charge on any atom is 0.231 e. The van der Waals surface area contributed by atoms with Crippen LogP contribution in [0.5, 0.6) is 5.75 Å². The highest BCUT2D eigenvalue weighted by atomic mass is 35.5. The Bertz CT molecular complexity index is 1400. The van der Waals surface area contributed by atoms with Gasteiger partial charge in [-0.25, -0.2) is 4.98 Å². The summed E-state index contributed by atoms with van der Waals surface area (Å²) in [6, 6.07) is 21.4. The van der Waals surface area contributed by atoms with Crippen LogP contribution in [-0.2, 0) is 0 Å². The summed E-state index contributed by atoms with van der Waals surface area (Å²) < 4.78 is 11.5. The number of nitrogens with zero attached hydrogens (tertiary/aromatic N) is 2. The molecule has 152 valence electrons. The van der Waals surface area contributed by atoms with Crippen LogP contribution in [0.15, 0.2) is 86.6 Å². The fourth-order valence-corrected chi connectivity index (χ4v) is 3.43. The molecule has 0 aliphatic rings. The molecule has 0 bridgehead atoms. The van der Waals surface area contributed by atoms with Crippen molar-refractivity contribution >= 4 is 46.2 Å². The molecule has 0 amide bonds. The predicted molar refractivity (Wildman–Crippen MR) is 123 cm³/mol. The second-order valence-electron chi connectivity index (χ2n) is 6.78. The van der Waals surface area contributed by atoms with E-state index in [0.717, 1.165) is 11.1 Å². The number of oxazole rings is 1. The molecular weight excluding hydrogens is 435 g/mol. The number of halogens is 2. The molecule has 2 aromatic heterocycles. The van der Waals surface area contributed by atoms with Crippen molar-refractivity contribution in [3.05, 3.63) is 88.6 Å². The fraction of sp³-hybridized carbons (Fsp3) is 0. The number of hydrogen-bond donors (Lipinski definition) is 1. The Morgan fingerprint density at radius 3 is 2.55 bits per heavy atom. The molecule has 5 rings (SSSR count). The van der Waals surface area contributed by atoms with Crippen molar-refractivity contribution in [3.8, 4) is 28.5 Å². The molecule has 0 radical (unpaired) electrons. The van der Waals surface area contributed by atoms with E-state index in [0.29, 0.717) is 44.3 Å². The number of fused-ring (bicyclic) bond motifs is 1. The average Bonchev–Trinajstić information content (AvgIpc) is 3.41.